The Morgan fingerprint density at radius 3 is 2.76 bits per heavy atom. The maximum Gasteiger partial charge on any atom is 0.260 e. The SMILES string of the molecule is Cn1ccc2c(c1=O)C1=C3C(=C(F)N(CCc4ccccc4)C3CCN1)C=C2F. The molecule has 29 heavy (non-hydrogen) atoms. The van der Waals surface area contributed by atoms with Crippen LogP contribution in [0.3, 0.4) is 0 Å². The molecule has 1 aliphatic carbocycles. The highest BCUT2D eigenvalue weighted by Gasteiger charge is 2.42. The first-order valence-electron chi connectivity index (χ1n) is 9.82. The summed E-state index contributed by atoms with van der Waals surface area (Å²) in [6.07, 6.45) is 4.18. The molecule has 0 radical (unpaired) electrons. The zero-order chi connectivity index (χ0) is 20.1. The van der Waals surface area contributed by atoms with Gasteiger partial charge in [0.1, 0.15) is 5.83 Å². The number of rotatable bonds is 3. The highest BCUT2D eigenvalue weighted by Crippen LogP contribution is 2.45. The predicted octanol–water partition coefficient (Wildman–Crippen LogP) is 3.52. The van der Waals surface area contributed by atoms with E-state index in [1.54, 1.807) is 18.0 Å². The maximum absolute atomic E-state index is 15.5. The van der Waals surface area contributed by atoms with Crippen LogP contribution in [0.1, 0.15) is 23.1 Å². The van der Waals surface area contributed by atoms with E-state index >= 15 is 8.78 Å². The van der Waals surface area contributed by atoms with E-state index in [-0.39, 0.29) is 28.3 Å². The largest absolute Gasteiger partial charge is 0.384 e. The molecular formula is C23H21F2N3O. The molecule has 1 aromatic carbocycles. The highest BCUT2D eigenvalue weighted by atomic mass is 19.1. The normalized spacial score (nSPS) is 20.2. The second kappa shape index (κ2) is 6.72. The molecule has 1 unspecified atom stereocenters. The lowest BCUT2D eigenvalue weighted by molar-refractivity contribution is 0.234. The number of aryl methyl sites for hydroxylation is 1. The number of hydrogen-bond acceptors (Lipinski definition) is 3. The van der Waals surface area contributed by atoms with Crippen LogP contribution in [0.4, 0.5) is 8.78 Å². The molecule has 0 amide bonds. The van der Waals surface area contributed by atoms with Gasteiger partial charge in [0.25, 0.3) is 5.56 Å². The molecule has 0 spiro atoms. The Morgan fingerprint density at radius 2 is 1.97 bits per heavy atom. The van der Waals surface area contributed by atoms with E-state index < -0.39 is 11.8 Å². The zero-order valence-corrected chi connectivity index (χ0v) is 16.1. The number of halogens is 2. The van der Waals surface area contributed by atoms with E-state index in [4.69, 9.17) is 0 Å². The van der Waals surface area contributed by atoms with E-state index in [1.807, 2.05) is 30.3 Å². The Hall–Kier alpha value is -3.15. The van der Waals surface area contributed by atoms with Gasteiger partial charge in [-0.1, -0.05) is 30.3 Å². The van der Waals surface area contributed by atoms with Crippen molar-refractivity contribution in [3.8, 4) is 0 Å². The number of benzene rings is 1. The lowest BCUT2D eigenvalue weighted by atomic mass is 9.92. The van der Waals surface area contributed by atoms with Crippen LogP contribution in [0, 0.1) is 0 Å². The molecule has 0 fully saturated rings. The summed E-state index contributed by atoms with van der Waals surface area (Å²) in [6, 6.07) is 11.3. The van der Waals surface area contributed by atoms with Crippen LogP contribution in [-0.2, 0) is 13.5 Å². The lowest BCUT2D eigenvalue weighted by Gasteiger charge is -2.32. The van der Waals surface area contributed by atoms with Crippen molar-refractivity contribution in [2.75, 3.05) is 13.1 Å². The minimum atomic E-state index is -0.581. The second-order valence-electron chi connectivity index (χ2n) is 7.67. The second-order valence-corrected chi connectivity index (χ2v) is 7.67. The summed E-state index contributed by atoms with van der Waals surface area (Å²) < 4.78 is 31.9. The van der Waals surface area contributed by atoms with Crippen molar-refractivity contribution in [2.24, 2.45) is 7.05 Å². The zero-order valence-electron chi connectivity index (χ0n) is 16.1. The van der Waals surface area contributed by atoms with Gasteiger partial charge >= 0.3 is 0 Å². The fraction of sp³-hybridized carbons (Fsp3) is 0.261. The molecule has 3 heterocycles. The Morgan fingerprint density at radius 1 is 1.17 bits per heavy atom. The van der Waals surface area contributed by atoms with Crippen LogP contribution in [0.15, 0.2) is 70.6 Å². The number of allylic oxidation sites excluding steroid dienone is 1. The van der Waals surface area contributed by atoms with Crippen LogP contribution in [-0.4, -0.2) is 28.6 Å². The van der Waals surface area contributed by atoms with Crippen LogP contribution in [0.25, 0.3) is 11.5 Å². The molecule has 0 saturated heterocycles. The van der Waals surface area contributed by atoms with Crippen molar-refractivity contribution < 1.29 is 8.78 Å². The van der Waals surface area contributed by atoms with Crippen molar-refractivity contribution in [3.63, 3.8) is 0 Å². The van der Waals surface area contributed by atoms with Gasteiger partial charge < -0.3 is 14.8 Å². The van der Waals surface area contributed by atoms with Crippen molar-refractivity contribution in [3.05, 3.63) is 92.8 Å². The van der Waals surface area contributed by atoms with E-state index in [1.165, 1.54) is 16.8 Å². The molecule has 1 atom stereocenters. The molecule has 6 heteroatoms. The lowest BCUT2D eigenvalue weighted by Crippen LogP contribution is -2.40. The minimum Gasteiger partial charge on any atom is -0.384 e. The molecule has 1 N–H and O–H groups in total. The Kier molecular flexibility index (Phi) is 4.15. The van der Waals surface area contributed by atoms with E-state index in [0.29, 0.717) is 37.2 Å². The summed E-state index contributed by atoms with van der Waals surface area (Å²) in [5.74, 6) is -0.996. The number of pyridine rings is 1. The summed E-state index contributed by atoms with van der Waals surface area (Å²) >= 11 is 0. The third-order valence-corrected chi connectivity index (χ3v) is 5.99. The summed E-state index contributed by atoms with van der Waals surface area (Å²) in [6.45, 7) is 1.10. The standard InChI is InChI=1S/C23H21F2N3O/c1-27-11-9-15-17(24)13-16-19-18(7-10-26-21(19)20(15)23(27)29)28(22(16)25)12-8-14-5-3-2-4-6-14/h2-6,9,11,13,18,26H,7-8,10,12H2,1H3. The topological polar surface area (TPSA) is 37.3 Å². The molecule has 5 rings (SSSR count). The fourth-order valence-corrected chi connectivity index (χ4v) is 4.55. The third-order valence-electron chi connectivity index (χ3n) is 5.99. The molecule has 2 aliphatic heterocycles. The molecule has 3 aliphatic rings. The summed E-state index contributed by atoms with van der Waals surface area (Å²) in [4.78, 5) is 14.6. The number of nitrogens with zero attached hydrogens (tertiary/aromatic N) is 2. The van der Waals surface area contributed by atoms with E-state index in [2.05, 4.69) is 5.32 Å². The number of nitrogens with one attached hydrogen (secondary N) is 1. The average molecular weight is 393 g/mol. The van der Waals surface area contributed by atoms with Gasteiger partial charge in [0.2, 0.25) is 0 Å². The molecular weight excluding hydrogens is 372 g/mol. The van der Waals surface area contributed by atoms with Gasteiger partial charge in [0.05, 0.1) is 17.3 Å². The third kappa shape index (κ3) is 2.74. The van der Waals surface area contributed by atoms with Crippen LogP contribution >= 0.6 is 0 Å². The maximum atomic E-state index is 15.5. The molecule has 2 aromatic rings. The minimum absolute atomic E-state index is 0.204. The van der Waals surface area contributed by atoms with Gasteiger partial charge in [-0.05, 0) is 30.5 Å². The number of hydrogen-bond donors (Lipinski definition) is 1. The van der Waals surface area contributed by atoms with Crippen molar-refractivity contribution in [1.29, 1.82) is 0 Å². The van der Waals surface area contributed by atoms with Gasteiger partial charge in [-0.25, -0.2) is 4.39 Å². The van der Waals surface area contributed by atoms with Gasteiger partial charge in [-0.3, -0.25) is 4.79 Å². The Labute approximate surface area is 167 Å². The summed E-state index contributed by atoms with van der Waals surface area (Å²) in [5, 5.41) is 3.26. The van der Waals surface area contributed by atoms with E-state index in [9.17, 15) is 4.79 Å². The van der Waals surface area contributed by atoms with Gasteiger partial charge in [0, 0.05) is 43.0 Å². The highest BCUT2D eigenvalue weighted by molar-refractivity contribution is 5.86. The van der Waals surface area contributed by atoms with Crippen molar-refractivity contribution in [2.45, 2.75) is 18.9 Å². The predicted molar refractivity (Wildman–Crippen MR) is 109 cm³/mol. The summed E-state index contributed by atoms with van der Waals surface area (Å²) in [7, 11) is 1.64. The van der Waals surface area contributed by atoms with Crippen molar-refractivity contribution >= 4 is 11.5 Å². The number of fused-ring (bicyclic) bond motifs is 2. The molecule has 148 valence electrons. The van der Waals surface area contributed by atoms with Crippen LogP contribution in [0.5, 0.6) is 0 Å². The Balaban J connectivity index is 1.63. The van der Waals surface area contributed by atoms with Gasteiger partial charge in [-0.15, -0.1) is 0 Å². The first kappa shape index (κ1) is 17.9. The molecule has 0 saturated carbocycles. The van der Waals surface area contributed by atoms with Gasteiger partial charge in [-0.2, -0.15) is 4.39 Å². The fourth-order valence-electron chi connectivity index (χ4n) is 4.55. The smallest absolute Gasteiger partial charge is 0.260 e. The first-order valence-corrected chi connectivity index (χ1v) is 9.82. The molecule has 0 bridgehead atoms. The Bertz CT molecular complexity index is 1140. The van der Waals surface area contributed by atoms with Crippen LogP contribution in [0.2, 0.25) is 0 Å². The van der Waals surface area contributed by atoms with E-state index in [0.717, 1.165) is 5.56 Å². The molecule has 4 nitrogen and oxygen atoms in total. The average Bonchev–Trinajstić information content (AvgIpc) is 2.91. The van der Waals surface area contributed by atoms with Crippen LogP contribution < -0.4 is 10.9 Å². The monoisotopic (exact) mass is 393 g/mol. The first-order chi connectivity index (χ1) is 14.1. The molecule has 1 aromatic heterocycles. The summed E-state index contributed by atoms with van der Waals surface area (Å²) in [5.41, 5.74) is 2.85. The quantitative estimate of drug-likeness (QED) is 0.811. The number of aromatic nitrogens is 1. The van der Waals surface area contributed by atoms with Gasteiger partial charge in [0.15, 0.2) is 5.95 Å². The van der Waals surface area contributed by atoms with Crippen molar-refractivity contribution in [1.82, 2.24) is 14.8 Å².